The number of carbonyl (C=O) groups is 4. The second kappa shape index (κ2) is 19.0. The number of carboxylic acids is 4. The summed E-state index contributed by atoms with van der Waals surface area (Å²) in [5, 5.41) is 32.6. The van der Waals surface area contributed by atoms with Gasteiger partial charge in [-0.2, -0.15) is 0 Å². The predicted octanol–water partition coefficient (Wildman–Crippen LogP) is -4.33. The molecule has 0 atom stereocenters. The lowest BCUT2D eigenvalue weighted by Crippen LogP contribution is -2.47. The Balaban J connectivity index is -0.000000311. The van der Waals surface area contributed by atoms with Crippen LogP contribution in [0, 0.1) is 0 Å². The van der Waals surface area contributed by atoms with E-state index in [1.807, 2.05) is 36.4 Å². The van der Waals surface area contributed by atoms with Crippen molar-refractivity contribution in [1.29, 1.82) is 0 Å². The van der Waals surface area contributed by atoms with Gasteiger partial charge in [-0.3, -0.25) is 0 Å². The van der Waals surface area contributed by atoms with Gasteiger partial charge in [0.15, 0.2) is 11.9 Å². The fourth-order valence-electron chi connectivity index (χ4n) is 1.29. The van der Waals surface area contributed by atoms with Crippen molar-refractivity contribution >= 4 is 23.9 Å². The van der Waals surface area contributed by atoms with Crippen molar-refractivity contribution in [3.63, 3.8) is 0 Å². The van der Waals surface area contributed by atoms with Crippen LogP contribution in [0.2, 0.25) is 0 Å². The van der Waals surface area contributed by atoms with Crippen LogP contribution in [0.3, 0.4) is 0 Å². The molecule has 11 heteroatoms. The number of quaternary nitrogens is 2. The molecule has 0 radical (unpaired) electrons. The fraction of sp³-hybridized carbons (Fsp3) is 0.111. The molecule has 0 saturated carbocycles. The molecule has 0 unspecified atom stereocenters. The zero-order chi connectivity index (χ0) is 21.9. The van der Waals surface area contributed by atoms with Crippen molar-refractivity contribution in [2.24, 2.45) is 0 Å². The lowest BCUT2D eigenvalue weighted by atomic mass is 10.2. The summed E-state index contributed by atoms with van der Waals surface area (Å²) in [5.41, 5.74) is 10.1. The molecule has 2 aromatic rings. The van der Waals surface area contributed by atoms with Crippen molar-refractivity contribution < 1.29 is 56.5 Å². The normalized spacial score (nSPS) is 8.07. The highest BCUT2D eigenvalue weighted by Crippen LogP contribution is 1.94. The molecule has 2 rings (SSSR count). The molecule has 10 N–H and O–H groups in total. The first-order valence-electron chi connectivity index (χ1n) is 7.70. The second-order valence-corrected chi connectivity index (χ2v) is 4.66. The predicted molar refractivity (Wildman–Crippen MR) is 95.0 cm³/mol. The lowest BCUT2D eigenvalue weighted by molar-refractivity contribution is -0.386. The summed E-state index contributed by atoms with van der Waals surface area (Å²) in [7, 11) is 0. The molecular weight excluding hydrogens is 388 g/mol. The maximum absolute atomic E-state index is 9.04. The van der Waals surface area contributed by atoms with Crippen LogP contribution < -0.4 is 21.7 Å². The number of carbonyl (C=O) groups excluding carboxylic acids is 2. The smallest absolute Gasteiger partial charge is 0.351 e. The van der Waals surface area contributed by atoms with Gasteiger partial charge in [-0.25, -0.2) is 9.59 Å². The Morgan fingerprint density at radius 2 is 0.862 bits per heavy atom. The number of hydrogen-bond donors (Lipinski definition) is 4. The third-order valence-electron chi connectivity index (χ3n) is 2.61. The first-order chi connectivity index (χ1) is 13.1. The molecule has 0 aliphatic carbocycles. The van der Waals surface area contributed by atoms with E-state index in [9.17, 15) is 0 Å². The molecule has 0 aliphatic rings. The summed E-state index contributed by atoms with van der Waals surface area (Å²) in [4.78, 5) is 36.1. The Morgan fingerprint density at radius 3 is 0.966 bits per heavy atom. The first-order valence-corrected chi connectivity index (χ1v) is 7.70. The van der Waals surface area contributed by atoms with Crippen molar-refractivity contribution in [3.05, 3.63) is 71.8 Å². The van der Waals surface area contributed by atoms with Crippen molar-refractivity contribution in [3.8, 4) is 0 Å². The minimum absolute atomic E-state index is 0. The molecule has 0 spiro atoms. The first kappa shape index (κ1) is 29.9. The van der Waals surface area contributed by atoms with E-state index in [-0.39, 0.29) is 5.48 Å². The topological polar surface area (TPSA) is 242 Å². The van der Waals surface area contributed by atoms with Gasteiger partial charge in [-0.05, 0) is 0 Å². The van der Waals surface area contributed by atoms with Crippen LogP contribution in [-0.2, 0) is 32.3 Å². The monoisotopic (exact) mass is 412 g/mol. The summed E-state index contributed by atoms with van der Waals surface area (Å²) in [6.07, 6.45) is 0. The number of carboxylic acid groups (broad SMARTS) is 4. The molecule has 2 aromatic carbocycles. The van der Waals surface area contributed by atoms with Crippen molar-refractivity contribution in [2.45, 2.75) is 13.1 Å². The van der Waals surface area contributed by atoms with Crippen LogP contribution in [0.5, 0.6) is 0 Å². The number of hydrogen-bond acceptors (Lipinski definition) is 6. The molecule has 0 aromatic heterocycles. The summed E-state index contributed by atoms with van der Waals surface area (Å²) >= 11 is 0. The average Bonchev–Trinajstić information content (AvgIpc) is 2.70. The van der Waals surface area contributed by atoms with E-state index in [1.54, 1.807) is 0 Å². The number of rotatable bonds is 2. The summed E-state index contributed by atoms with van der Waals surface area (Å²) in [6.45, 7) is 1.78. The third kappa shape index (κ3) is 20.4. The van der Waals surface area contributed by atoms with E-state index in [0.29, 0.717) is 0 Å². The van der Waals surface area contributed by atoms with Crippen LogP contribution in [0.4, 0.5) is 0 Å². The summed E-state index contributed by atoms with van der Waals surface area (Å²) in [5.74, 6) is -8.02. The highest BCUT2D eigenvalue weighted by Gasteiger charge is 1.90. The second-order valence-electron chi connectivity index (χ2n) is 4.66. The van der Waals surface area contributed by atoms with Gasteiger partial charge >= 0.3 is 11.9 Å². The van der Waals surface area contributed by atoms with Gasteiger partial charge < -0.3 is 47.0 Å². The van der Waals surface area contributed by atoms with Crippen LogP contribution in [-0.4, -0.2) is 39.6 Å². The Bertz CT molecular complexity index is 635. The van der Waals surface area contributed by atoms with Crippen LogP contribution in [0.25, 0.3) is 0 Å². The summed E-state index contributed by atoms with van der Waals surface area (Å²) in [6, 6.07) is 20.4. The molecule has 160 valence electrons. The average molecular weight is 412 g/mol. The lowest BCUT2D eigenvalue weighted by Gasteiger charge is -1.87. The molecule has 29 heavy (non-hydrogen) atoms. The van der Waals surface area contributed by atoms with Gasteiger partial charge in [0.1, 0.15) is 0 Å². The maximum Gasteiger partial charge on any atom is 0.351 e. The van der Waals surface area contributed by atoms with Crippen LogP contribution in [0.1, 0.15) is 11.1 Å². The Hall–Kier alpha value is -3.80. The van der Waals surface area contributed by atoms with Crippen molar-refractivity contribution in [2.75, 3.05) is 0 Å². The largest absolute Gasteiger partial charge is 0.539 e. The number of benzene rings is 2. The van der Waals surface area contributed by atoms with E-state index in [2.05, 4.69) is 35.7 Å². The van der Waals surface area contributed by atoms with Gasteiger partial charge in [0.2, 0.25) is 0 Å². The van der Waals surface area contributed by atoms with Crippen molar-refractivity contribution in [1.82, 2.24) is 0 Å². The molecule has 11 nitrogen and oxygen atoms in total. The molecular formula is C18H24N2O9. The van der Waals surface area contributed by atoms with Crippen LogP contribution >= 0.6 is 0 Å². The summed E-state index contributed by atoms with van der Waals surface area (Å²) < 4.78 is 0. The standard InChI is InChI=1S/2C7H9N.2C2H2O4.H2O/c2*8-6-7-4-2-1-3-5-7;2*3-1(4)2(5)6;/h2*1-5H,6,8H2;2*(H,3,4)(H,5,6);1H2. The van der Waals surface area contributed by atoms with Gasteiger partial charge in [0, 0.05) is 11.1 Å². The van der Waals surface area contributed by atoms with Gasteiger partial charge in [-0.15, -0.1) is 0 Å². The SMILES string of the molecule is O.O=C([O-])C(=O)O.O=C([O-])C(=O)O.[NH3+]Cc1ccccc1.[NH3+]Cc1ccccc1. The minimum Gasteiger partial charge on any atom is -0.539 e. The van der Waals surface area contributed by atoms with E-state index in [0.717, 1.165) is 13.1 Å². The van der Waals surface area contributed by atoms with Crippen LogP contribution in [0.15, 0.2) is 60.7 Å². The van der Waals surface area contributed by atoms with Gasteiger partial charge in [-0.1, -0.05) is 60.7 Å². The zero-order valence-corrected chi connectivity index (χ0v) is 15.4. The maximum atomic E-state index is 9.04. The minimum atomic E-state index is -2.07. The van der Waals surface area contributed by atoms with Gasteiger partial charge in [0.25, 0.3) is 0 Å². The molecule has 0 amide bonds. The highest BCUT2D eigenvalue weighted by atomic mass is 16.4. The third-order valence-corrected chi connectivity index (χ3v) is 2.61. The molecule has 0 fully saturated rings. The Morgan fingerprint density at radius 1 is 0.655 bits per heavy atom. The van der Waals surface area contributed by atoms with E-state index >= 15 is 0 Å². The Labute approximate surface area is 166 Å². The Kier molecular flexibility index (Phi) is 19.6. The molecule has 0 bridgehead atoms. The molecule has 0 heterocycles. The molecule has 0 aliphatic heterocycles. The van der Waals surface area contributed by atoms with Gasteiger partial charge in [0.05, 0.1) is 13.1 Å². The quantitative estimate of drug-likeness (QED) is 0.350. The zero-order valence-electron chi connectivity index (χ0n) is 15.4. The highest BCUT2D eigenvalue weighted by molar-refractivity contribution is 6.26. The fourth-order valence-corrected chi connectivity index (χ4v) is 1.29. The van der Waals surface area contributed by atoms with E-state index in [1.165, 1.54) is 11.1 Å². The van der Waals surface area contributed by atoms with E-state index < -0.39 is 23.9 Å². The number of aliphatic carboxylic acids is 4. The molecule has 0 saturated heterocycles. The van der Waals surface area contributed by atoms with E-state index in [4.69, 9.17) is 39.6 Å².